The van der Waals surface area contributed by atoms with Gasteiger partial charge in [-0.2, -0.15) is 5.10 Å². The molecule has 0 spiro atoms. The van der Waals surface area contributed by atoms with Gasteiger partial charge in [0.05, 0.1) is 12.7 Å². The molecule has 3 N–H and O–H groups in total. The summed E-state index contributed by atoms with van der Waals surface area (Å²) in [4.78, 5) is 34.9. The fraction of sp³-hybridized carbons (Fsp3) is 0.0667. The zero-order valence-electron chi connectivity index (χ0n) is 12.3. The normalized spacial score (nSPS) is 10.7. The number of aromatic nitrogens is 3. The van der Waals surface area contributed by atoms with Gasteiger partial charge in [0.2, 0.25) is 0 Å². The van der Waals surface area contributed by atoms with Gasteiger partial charge in [0.25, 0.3) is 5.56 Å². The minimum absolute atomic E-state index is 0.0401. The third kappa shape index (κ3) is 2.37. The third-order valence-corrected chi connectivity index (χ3v) is 3.47. The number of fused-ring (bicyclic) bond motifs is 1. The minimum Gasteiger partial charge on any atom is -0.507 e. The van der Waals surface area contributed by atoms with E-state index in [0.29, 0.717) is 5.69 Å². The molecule has 0 atom stereocenters. The van der Waals surface area contributed by atoms with Gasteiger partial charge in [-0.1, -0.05) is 0 Å². The average Bonchev–Trinajstić information content (AvgIpc) is 2.94. The number of aromatic carboxylic acids is 1. The Bertz CT molecular complexity index is 987. The first-order chi connectivity index (χ1) is 11.4. The monoisotopic (exact) mass is 329 g/mol. The molecular formula is C15H11N3O6. The number of hydrogen-bond acceptors (Lipinski definition) is 6. The second kappa shape index (κ2) is 5.54. The molecule has 0 saturated carbocycles. The molecule has 0 saturated heterocycles. The highest BCUT2D eigenvalue weighted by Crippen LogP contribution is 2.25. The first kappa shape index (κ1) is 15.3. The Morgan fingerprint density at radius 2 is 2.00 bits per heavy atom. The Kier molecular flexibility index (Phi) is 3.53. The van der Waals surface area contributed by atoms with Crippen LogP contribution in [0.2, 0.25) is 0 Å². The topological polar surface area (TPSA) is 135 Å². The van der Waals surface area contributed by atoms with Gasteiger partial charge in [-0.05, 0) is 18.2 Å². The van der Waals surface area contributed by atoms with Crippen LogP contribution < -0.4 is 5.56 Å². The van der Waals surface area contributed by atoms with Crippen LogP contribution in [0.1, 0.15) is 20.7 Å². The van der Waals surface area contributed by atoms with Crippen molar-refractivity contribution in [1.82, 2.24) is 14.8 Å². The fourth-order valence-electron chi connectivity index (χ4n) is 2.30. The van der Waals surface area contributed by atoms with Crippen LogP contribution in [0.15, 0.2) is 35.4 Å². The van der Waals surface area contributed by atoms with Crippen LogP contribution in [-0.4, -0.2) is 44.0 Å². The largest absolute Gasteiger partial charge is 0.507 e. The van der Waals surface area contributed by atoms with Crippen LogP contribution >= 0.6 is 0 Å². The summed E-state index contributed by atoms with van der Waals surface area (Å²) in [7, 11) is 1.19. The summed E-state index contributed by atoms with van der Waals surface area (Å²) in [6, 6.07) is 3.87. The number of aromatic hydroxyl groups is 1. The maximum Gasteiger partial charge on any atom is 0.341 e. The number of ether oxygens (including phenoxy) is 1. The second-order valence-corrected chi connectivity index (χ2v) is 4.89. The Labute approximate surface area is 134 Å². The van der Waals surface area contributed by atoms with Gasteiger partial charge >= 0.3 is 11.9 Å². The summed E-state index contributed by atoms with van der Waals surface area (Å²) >= 11 is 0. The van der Waals surface area contributed by atoms with E-state index in [1.165, 1.54) is 42.3 Å². The molecule has 0 bridgehead atoms. The zero-order valence-corrected chi connectivity index (χ0v) is 12.3. The molecule has 122 valence electrons. The molecule has 0 amide bonds. The summed E-state index contributed by atoms with van der Waals surface area (Å²) < 4.78 is 6.07. The molecule has 2 heterocycles. The van der Waals surface area contributed by atoms with Crippen molar-refractivity contribution in [2.75, 3.05) is 7.11 Å². The predicted octanol–water partition coefficient (Wildman–Crippen LogP) is 0.856. The van der Waals surface area contributed by atoms with Crippen LogP contribution in [0.5, 0.6) is 5.75 Å². The molecule has 0 radical (unpaired) electrons. The molecule has 9 heteroatoms. The third-order valence-electron chi connectivity index (χ3n) is 3.47. The highest BCUT2D eigenvalue weighted by atomic mass is 16.5. The number of hydrogen-bond donors (Lipinski definition) is 3. The van der Waals surface area contributed by atoms with E-state index in [1.807, 2.05) is 0 Å². The summed E-state index contributed by atoms with van der Waals surface area (Å²) in [5, 5.41) is 24.7. The molecule has 2 aliphatic heterocycles. The first-order valence-corrected chi connectivity index (χ1v) is 6.67. The number of carboxylic acid groups (broad SMARTS) is 1. The lowest BCUT2D eigenvalue weighted by Crippen LogP contribution is -2.11. The van der Waals surface area contributed by atoms with E-state index >= 15 is 0 Å². The molecule has 1 aromatic rings. The van der Waals surface area contributed by atoms with Crippen molar-refractivity contribution in [2.24, 2.45) is 0 Å². The van der Waals surface area contributed by atoms with Crippen LogP contribution in [-0.2, 0) is 4.74 Å². The van der Waals surface area contributed by atoms with Gasteiger partial charge < -0.3 is 19.5 Å². The van der Waals surface area contributed by atoms with Crippen molar-refractivity contribution >= 4 is 11.9 Å². The SMILES string of the molecule is COC(=O)c1cn(-c2ccc(O)c(C(=O)O)c2)cc2c(=O)[nH]nc1-2. The van der Waals surface area contributed by atoms with Gasteiger partial charge in [-0.25, -0.2) is 14.7 Å². The predicted molar refractivity (Wildman–Crippen MR) is 80.8 cm³/mol. The van der Waals surface area contributed by atoms with Crippen LogP contribution in [0.25, 0.3) is 16.9 Å². The quantitative estimate of drug-likeness (QED) is 0.606. The Morgan fingerprint density at radius 1 is 1.25 bits per heavy atom. The number of nitrogens with one attached hydrogen (secondary N) is 1. The van der Waals surface area contributed by atoms with Crippen molar-refractivity contribution in [3.8, 4) is 22.7 Å². The molecule has 0 aromatic heterocycles. The molecule has 1 aromatic carbocycles. The van der Waals surface area contributed by atoms with Crippen molar-refractivity contribution in [2.45, 2.75) is 0 Å². The summed E-state index contributed by atoms with van der Waals surface area (Å²) in [5.74, 6) is -2.40. The molecule has 24 heavy (non-hydrogen) atoms. The number of carbonyl (C=O) groups excluding carboxylic acids is 1. The van der Waals surface area contributed by atoms with E-state index in [-0.39, 0.29) is 22.4 Å². The van der Waals surface area contributed by atoms with Crippen LogP contribution in [0, 0.1) is 0 Å². The minimum atomic E-state index is -1.31. The number of methoxy groups -OCH3 is 1. The van der Waals surface area contributed by atoms with E-state index in [9.17, 15) is 19.5 Å². The van der Waals surface area contributed by atoms with E-state index in [1.54, 1.807) is 0 Å². The molecular weight excluding hydrogens is 318 g/mol. The maximum absolute atomic E-state index is 11.9. The van der Waals surface area contributed by atoms with Gasteiger partial charge in [0.1, 0.15) is 22.6 Å². The number of benzene rings is 1. The Hall–Kier alpha value is -3.62. The van der Waals surface area contributed by atoms with Crippen LogP contribution in [0.4, 0.5) is 0 Å². The van der Waals surface area contributed by atoms with Crippen molar-refractivity contribution < 1.29 is 24.5 Å². The summed E-state index contributed by atoms with van der Waals surface area (Å²) in [6.07, 6.45) is 2.78. The van der Waals surface area contributed by atoms with Gasteiger partial charge in [-0.3, -0.25) is 4.79 Å². The average molecular weight is 329 g/mol. The molecule has 0 aliphatic carbocycles. The smallest absolute Gasteiger partial charge is 0.341 e. The van der Waals surface area contributed by atoms with E-state index in [4.69, 9.17) is 5.11 Å². The van der Waals surface area contributed by atoms with Crippen molar-refractivity contribution in [3.63, 3.8) is 0 Å². The van der Waals surface area contributed by atoms with Gasteiger partial charge in [-0.15, -0.1) is 0 Å². The maximum atomic E-state index is 11.9. The van der Waals surface area contributed by atoms with E-state index < -0.39 is 23.2 Å². The molecule has 0 fully saturated rings. The summed E-state index contributed by atoms with van der Waals surface area (Å²) in [5.41, 5.74) is -0.143. The Balaban J connectivity index is 2.27. The number of esters is 1. The lowest BCUT2D eigenvalue weighted by molar-refractivity contribution is 0.0599. The second-order valence-electron chi connectivity index (χ2n) is 4.89. The van der Waals surface area contributed by atoms with E-state index in [0.717, 1.165) is 0 Å². The van der Waals surface area contributed by atoms with Crippen molar-refractivity contribution in [3.05, 3.63) is 52.1 Å². The molecule has 0 unspecified atom stereocenters. The number of carboxylic acids is 1. The number of nitrogens with zero attached hydrogens (tertiary/aromatic N) is 2. The molecule has 3 rings (SSSR count). The number of aromatic amines is 1. The van der Waals surface area contributed by atoms with E-state index in [2.05, 4.69) is 14.9 Å². The van der Waals surface area contributed by atoms with Gasteiger partial charge in [0, 0.05) is 18.1 Å². The number of phenols is 1. The lowest BCUT2D eigenvalue weighted by atomic mass is 10.1. The summed E-state index contributed by atoms with van der Waals surface area (Å²) in [6.45, 7) is 0. The number of H-pyrrole nitrogens is 1. The van der Waals surface area contributed by atoms with Crippen molar-refractivity contribution in [1.29, 1.82) is 0 Å². The fourth-order valence-corrected chi connectivity index (χ4v) is 2.30. The number of rotatable bonds is 3. The van der Waals surface area contributed by atoms with Gasteiger partial charge in [0.15, 0.2) is 0 Å². The highest BCUT2D eigenvalue weighted by Gasteiger charge is 2.22. The Morgan fingerprint density at radius 3 is 2.67 bits per heavy atom. The number of carbonyl (C=O) groups is 2. The first-order valence-electron chi connectivity index (χ1n) is 6.67. The highest BCUT2D eigenvalue weighted by molar-refractivity contribution is 5.96. The number of pyridine rings is 1. The lowest BCUT2D eigenvalue weighted by Gasteiger charge is -2.12. The zero-order chi connectivity index (χ0) is 17.4. The standard InChI is InChI=1S/C15H11N3O6/c1-24-15(23)10-6-18(5-9-12(10)16-17-13(9)20)7-2-3-11(19)8(4-7)14(21)22/h2-6,19H,1H3,(H,17,20)(H,21,22). The molecule has 9 nitrogen and oxygen atoms in total. The van der Waals surface area contributed by atoms with Crippen LogP contribution in [0.3, 0.4) is 0 Å². The molecule has 2 aliphatic rings.